The van der Waals surface area contributed by atoms with E-state index < -0.39 is 0 Å². The normalized spacial score (nSPS) is 11.3. The Labute approximate surface area is 120 Å². The van der Waals surface area contributed by atoms with E-state index in [9.17, 15) is 0 Å². The number of thiophene rings is 1. The fourth-order valence-electron chi connectivity index (χ4n) is 1.73. The second-order valence-corrected chi connectivity index (χ2v) is 6.89. The summed E-state index contributed by atoms with van der Waals surface area (Å²) in [5.74, 6) is 0.998. The van der Waals surface area contributed by atoms with E-state index in [4.69, 9.17) is 0 Å². The lowest BCUT2D eigenvalue weighted by Crippen LogP contribution is -2.20. The molecule has 0 saturated carbocycles. The molecule has 2 rings (SSSR count). The highest BCUT2D eigenvalue weighted by atomic mass is 79.9. The highest BCUT2D eigenvalue weighted by molar-refractivity contribution is 9.11. The molecule has 0 amide bonds. The molecule has 2 heterocycles. The molecule has 4 nitrogen and oxygen atoms in total. The molecule has 0 radical (unpaired) electrons. The van der Waals surface area contributed by atoms with E-state index >= 15 is 0 Å². The molecule has 0 spiro atoms. The van der Waals surface area contributed by atoms with Crippen LogP contribution in [-0.4, -0.2) is 21.3 Å². The van der Waals surface area contributed by atoms with Crippen LogP contribution in [0.3, 0.4) is 0 Å². The molecular formula is C12H17BrN4S. The first-order valence-electron chi connectivity index (χ1n) is 6.00. The van der Waals surface area contributed by atoms with Crippen molar-refractivity contribution in [1.82, 2.24) is 20.1 Å². The molecule has 0 aromatic carbocycles. The van der Waals surface area contributed by atoms with Crippen LogP contribution in [0.15, 0.2) is 22.2 Å². The van der Waals surface area contributed by atoms with Crippen LogP contribution >= 0.6 is 27.3 Å². The summed E-state index contributed by atoms with van der Waals surface area (Å²) in [6, 6.07) is 4.61. The molecule has 98 valence electrons. The molecule has 0 aliphatic carbocycles. The summed E-state index contributed by atoms with van der Waals surface area (Å²) < 4.78 is 3.14. The Morgan fingerprint density at radius 3 is 2.94 bits per heavy atom. The van der Waals surface area contributed by atoms with Gasteiger partial charge in [0.15, 0.2) is 0 Å². The van der Waals surface area contributed by atoms with E-state index in [1.807, 2.05) is 4.68 Å². The van der Waals surface area contributed by atoms with E-state index in [0.29, 0.717) is 6.04 Å². The van der Waals surface area contributed by atoms with Crippen molar-refractivity contribution in [3.05, 3.63) is 32.9 Å². The van der Waals surface area contributed by atoms with Crippen LogP contribution in [0, 0.1) is 0 Å². The minimum atomic E-state index is 0.359. The van der Waals surface area contributed by atoms with Crippen molar-refractivity contribution >= 4 is 27.3 Å². The molecule has 0 atom stereocenters. The molecule has 6 heteroatoms. The second kappa shape index (κ2) is 6.45. The van der Waals surface area contributed by atoms with Gasteiger partial charge in [0, 0.05) is 17.5 Å². The third kappa shape index (κ3) is 3.63. The van der Waals surface area contributed by atoms with Gasteiger partial charge in [-0.2, -0.15) is 5.10 Å². The van der Waals surface area contributed by atoms with Gasteiger partial charge in [-0.05, 0) is 48.3 Å². The third-order valence-corrected chi connectivity index (χ3v) is 4.28. The molecular weight excluding hydrogens is 312 g/mol. The highest BCUT2D eigenvalue weighted by Crippen LogP contribution is 2.22. The van der Waals surface area contributed by atoms with Crippen LogP contribution in [0.5, 0.6) is 0 Å². The second-order valence-electron chi connectivity index (χ2n) is 4.35. The van der Waals surface area contributed by atoms with Gasteiger partial charge in [-0.15, -0.1) is 11.3 Å². The Morgan fingerprint density at radius 2 is 2.28 bits per heavy atom. The third-order valence-electron chi connectivity index (χ3n) is 2.60. The lowest BCUT2D eigenvalue weighted by molar-refractivity contribution is 0.491. The topological polar surface area (TPSA) is 42.7 Å². The minimum absolute atomic E-state index is 0.359. The molecule has 2 aromatic heterocycles. The van der Waals surface area contributed by atoms with Gasteiger partial charge in [0.2, 0.25) is 0 Å². The van der Waals surface area contributed by atoms with Crippen molar-refractivity contribution in [3.8, 4) is 0 Å². The van der Waals surface area contributed by atoms with Gasteiger partial charge >= 0.3 is 0 Å². The number of hydrogen-bond acceptors (Lipinski definition) is 4. The molecule has 0 aliphatic heterocycles. The Bertz CT molecular complexity index is 492. The number of nitrogens with zero attached hydrogens (tertiary/aromatic N) is 3. The molecule has 0 saturated heterocycles. The van der Waals surface area contributed by atoms with E-state index in [2.05, 4.69) is 57.3 Å². The zero-order valence-electron chi connectivity index (χ0n) is 10.6. The van der Waals surface area contributed by atoms with Crippen LogP contribution in [0.4, 0.5) is 0 Å². The minimum Gasteiger partial charge on any atom is -0.309 e. The molecule has 1 N–H and O–H groups in total. The van der Waals surface area contributed by atoms with Crippen molar-refractivity contribution in [2.45, 2.75) is 32.9 Å². The highest BCUT2D eigenvalue weighted by Gasteiger charge is 2.06. The largest absolute Gasteiger partial charge is 0.309 e. The fraction of sp³-hybridized carbons (Fsp3) is 0.500. The lowest BCUT2D eigenvalue weighted by atomic mass is 10.3. The number of halogens is 1. The molecule has 0 aliphatic rings. The maximum Gasteiger partial charge on any atom is 0.141 e. The smallest absolute Gasteiger partial charge is 0.141 e. The predicted octanol–water partition coefficient (Wildman–Crippen LogP) is 3.02. The molecule has 18 heavy (non-hydrogen) atoms. The Hall–Kier alpha value is -0.720. The number of hydrogen-bond donors (Lipinski definition) is 1. The van der Waals surface area contributed by atoms with Crippen molar-refractivity contribution in [2.75, 3.05) is 6.54 Å². The Balaban J connectivity index is 1.77. The first kappa shape index (κ1) is 13.7. The summed E-state index contributed by atoms with van der Waals surface area (Å²) >= 11 is 5.26. The monoisotopic (exact) mass is 328 g/mol. The van der Waals surface area contributed by atoms with E-state index in [-0.39, 0.29) is 0 Å². The maximum atomic E-state index is 4.27. The zero-order valence-corrected chi connectivity index (χ0v) is 13.0. The fourth-order valence-corrected chi connectivity index (χ4v) is 3.21. The van der Waals surface area contributed by atoms with E-state index in [1.54, 1.807) is 17.7 Å². The predicted molar refractivity (Wildman–Crippen MR) is 77.8 cm³/mol. The van der Waals surface area contributed by atoms with Crippen LogP contribution in [0.2, 0.25) is 0 Å². The van der Waals surface area contributed by atoms with Gasteiger partial charge in [-0.3, -0.25) is 0 Å². The average molecular weight is 329 g/mol. The maximum absolute atomic E-state index is 4.27. The van der Waals surface area contributed by atoms with Gasteiger partial charge in [-0.25, -0.2) is 9.67 Å². The van der Waals surface area contributed by atoms with Gasteiger partial charge in [-0.1, -0.05) is 0 Å². The quantitative estimate of drug-likeness (QED) is 0.829. The summed E-state index contributed by atoms with van der Waals surface area (Å²) in [5, 5.41) is 7.63. The van der Waals surface area contributed by atoms with Gasteiger partial charge < -0.3 is 5.32 Å². The molecule has 0 unspecified atom stereocenters. The van der Waals surface area contributed by atoms with Gasteiger partial charge in [0.1, 0.15) is 12.2 Å². The summed E-state index contributed by atoms with van der Waals surface area (Å²) in [4.78, 5) is 5.66. The van der Waals surface area contributed by atoms with Crippen LogP contribution < -0.4 is 5.32 Å². The first-order chi connectivity index (χ1) is 8.66. The standard InChI is InChI=1S/C12H17BrN4S/c1-9(2)17-12(15-8-16-17)7-14-6-5-10-3-4-11(13)18-10/h3-4,8-9,14H,5-7H2,1-2H3. The van der Waals surface area contributed by atoms with Crippen LogP contribution in [-0.2, 0) is 13.0 Å². The van der Waals surface area contributed by atoms with Gasteiger partial charge in [0.25, 0.3) is 0 Å². The van der Waals surface area contributed by atoms with Crippen LogP contribution in [0.25, 0.3) is 0 Å². The Kier molecular flexibility index (Phi) is 4.91. The van der Waals surface area contributed by atoms with Crippen molar-refractivity contribution in [2.24, 2.45) is 0 Å². The summed E-state index contributed by atoms with van der Waals surface area (Å²) in [7, 11) is 0. The van der Waals surface area contributed by atoms with Gasteiger partial charge in [0.05, 0.1) is 10.3 Å². The van der Waals surface area contributed by atoms with Crippen molar-refractivity contribution < 1.29 is 0 Å². The first-order valence-corrected chi connectivity index (χ1v) is 7.61. The summed E-state index contributed by atoms with van der Waals surface area (Å²) in [6.45, 7) is 5.95. The molecule has 0 fully saturated rings. The Morgan fingerprint density at radius 1 is 1.44 bits per heavy atom. The SMILES string of the molecule is CC(C)n1ncnc1CNCCc1ccc(Br)s1. The molecule has 0 bridgehead atoms. The average Bonchev–Trinajstić information content (AvgIpc) is 2.93. The number of aromatic nitrogens is 3. The van der Waals surface area contributed by atoms with E-state index in [0.717, 1.165) is 25.3 Å². The summed E-state index contributed by atoms with van der Waals surface area (Å²) in [6.07, 6.45) is 2.67. The van der Waals surface area contributed by atoms with Crippen molar-refractivity contribution in [3.63, 3.8) is 0 Å². The summed E-state index contributed by atoms with van der Waals surface area (Å²) in [5.41, 5.74) is 0. The van der Waals surface area contributed by atoms with Crippen molar-refractivity contribution in [1.29, 1.82) is 0 Å². The van der Waals surface area contributed by atoms with Crippen LogP contribution in [0.1, 0.15) is 30.6 Å². The van der Waals surface area contributed by atoms with E-state index in [1.165, 1.54) is 8.66 Å². The number of rotatable bonds is 6. The number of nitrogens with one attached hydrogen (secondary N) is 1. The lowest BCUT2D eigenvalue weighted by Gasteiger charge is -2.09. The molecule has 2 aromatic rings. The zero-order chi connectivity index (χ0) is 13.0.